The summed E-state index contributed by atoms with van der Waals surface area (Å²) >= 11 is 0. The molecule has 0 saturated carbocycles. The average Bonchev–Trinajstić information content (AvgIpc) is 2.94. The molecule has 7 heteroatoms. The number of hydrogen-bond acceptors (Lipinski definition) is 5. The largest absolute Gasteiger partial charge is 0.336 e. The average molecular weight is 484 g/mol. The van der Waals surface area contributed by atoms with Crippen molar-refractivity contribution in [3.8, 4) is 0 Å². The number of amides is 2. The number of hydrogen-bond donors (Lipinski definition) is 0. The van der Waals surface area contributed by atoms with Crippen LogP contribution in [0.5, 0.6) is 0 Å². The highest BCUT2D eigenvalue weighted by molar-refractivity contribution is 5.96. The molecule has 186 valence electrons. The predicted octanol–water partition coefficient (Wildman–Crippen LogP) is 3.00. The van der Waals surface area contributed by atoms with E-state index in [1.807, 2.05) is 21.9 Å². The van der Waals surface area contributed by atoms with Crippen molar-refractivity contribution in [2.75, 3.05) is 52.4 Å². The van der Waals surface area contributed by atoms with Crippen LogP contribution < -0.4 is 0 Å². The third kappa shape index (κ3) is 5.98. The van der Waals surface area contributed by atoms with Crippen molar-refractivity contribution in [2.24, 2.45) is 0 Å². The lowest BCUT2D eigenvalue weighted by Crippen LogP contribution is -2.48. The standard InChI is InChI=1S/C29H33N5O2/c35-28(33-17-13-31(14-18-33)22-24-7-3-1-4-8-24)26-11-12-27(30-21-26)29(36)34-19-15-32(16-20-34)23-25-9-5-2-6-10-25/h1-12,21H,13-20,22-23H2. The molecule has 2 aliphatic rings. The van der Waals surface area contributed by atoms with Gasteiger partial charge in [-0.2, -0.15) is 0 Å². The van der Waals surface area contributed by atoms with E-state index in [4.69, 9.17) is 0 Å². The number of aromatic nitrogens is 1. The first-order valence-corrected chi connectivity index (χ1v) is 12.7. The molecule has 0 atom stereocenters. The van der Waals surface area contributed by atoms with Crippen LogP contribution in [0.25, 0.3) is 0 Å². The third-order valence-corrected chi connectivity index (χ3v) is 7.05. The topological polar surface area (TPSA) is 60.0 Å². The van der Waals surface area contributed by atoms with E-state index in [1.165, 1.54) is 11.1 Å². The lowest BCUT2D eigenvalue weighted by molar-refractivity contribution is 0.0612. The maximum Gasteiger partial charge on any atom is 0.272 e. The summed E-state index contributed by atoms with van der Waals surface area (Å²) in [5.74, 6) is -0.0849. The number of benzene rings is 2. The van der Waals surface area contributed by atoms with E-state index in [0.29, 0.717) is 37.4 Å². The van der Waals surface area contributed by atoms with Crippen LogP contribution in [0.15, 0.2) is 79.0 Å². The van der Waals surface area contributed by atoms with Crippen LogP contribution in [0.4, 0.5) is 0 Å². The normalized spacial score (nSPS) is 17.2. The van der Waals surface area contributed by atoms with Crippen molar-refractivity contribution in [3.05, 3.63) is 101 Å². The van der Waals surface area contributed by atoms with Crippen LogP contribution in [-0.2, 0) is 13.1 Å². The van der Waals surface area contributed by atoms with Gasteiger partial charge in [-0.3, -0.25) is 24.4 Å². The Labute approximate surface area is 212 Å². The number of pyridine rings is 1. The molecule has 3 aromatic rings. The number of piperazine rings is 2. The zero-order valence-electron chi connectivity index (χ0n) is 20.6. The van der Waals surface area contributed by atoms with E-state index >= 15 is 0 Å². The molecule has 2 fully saturated rings. The van der Waals surface area contributed by atoms with E-state index in [9.17, 15) is 9.59 Å². The van der Waals surface area contributed by atoms with Gasteiger partial charge >= 0.3 is 0 Å². The minimum atomic E-state index is -0.0668. The predicted molar refractivity (Wildman–Crippen MR) is 139 cm³/mol. The fourth-order valence-corrected chi connectivity index (χ4v) is 4.89. The summed E-state index contributed by atoms with van der Waals surface area (Å²) in [5.41, 5.74) is 3.52. The highest BCUT2D eigenvalue weighted by Crippen LogP contribution is 2.14. The minimum Gasteiger partial charge on any atom is -0.336 e. The van der Waals surface area contributed by atoms with E-state index < -0.39 is 0 Å². The van der Waals surface area contributed by atoms with Gasteiger partial charge in [-0.25, -0.2) is 0 Å². The van der Waals surface area contributed by atoms with Gasteiger partial charge in [0.05, 0.1) is 5.56 Å². The molecule has 1 aromatic heterocycles. The van der Waals surface area contributed by atoms with Gasteiger partial charge in [-0.1, -0.05) is 60.7 Å². The van der Waals surface area contributed by atoms with Gasteiger partial charge in [0, 0.05) is 71.6 Å². The smallest absolute Gasteiger partial charge is 0.272 e. The molecule has 2 saturated heterocycles. The zero-order valence-corrected chi connectivity index (χ0v) is 20.6. The molecule has 3 heterocycles. The maximum absolute atomic E-state index is 13.0. The Morgan fingerprint density at radius 3 is 1.50 bits per heavy atom. The second-order valence-corrected chi connectivity index (χ2v) is 9.54. The number of carbonyl (C=O) groups is 2. The molecule has 0 radical (unpaired) electrons. The Kier molecular flexibility index (Phi) is 7.69. The van der Waals surface area contributed by atoms with E-state index in [1.54, 1.807) is 18.3 Å². The molecule has 0 N–H and O–H groups in total. The molecule has 0 aliphatic carbocycles. The molecule has 0 bridgehead atoms. The van der Waals surface area contributed by atoms with Crippen LogP contribution in [0.3, 0.4) is 0 Å². The van der Waals surface area contributed by atoms with Gasteiger partial charge < -0.3 is 9.80 Å². The zero-order chi connectivity index (χ0) is 24.7. The summed E-state index contributed by atoms with van der Waals surface area (Å²) in [5, 5.41) is 0. The molecule has 7 nitrogen and oxygen atoms in total. The van der Waals surface area contributed by atoms with Crippen molar-refractivity contribution >= 4 is 11.8 Å². The summed E-state index contributed by atoms with van der Waals surface area (Å²) in [4.78, 5) is 38.8. The number of rotatable bonds is 6. The lowest BCUT2D eigenvalue weighted by atomic mass is 10.1. The Balaban J connectivity index is 1.10. The summed E-state index contributed by atoms with van der Waals surface area (Å²) in [7, 11) is 0. The summed E-state index contributed by atoms with van der Waals surface area (Å²) in [6, 6.07) is 24.3. The second kappa shape index (κ2) is 11.5. The first-order chi connectivity index (χ1) is 17.7. The quantitative estimate of drug-likeness (QED) is 0.540. The molecular weight excluding hydrogens is 450 g/mol. The van der Waals surface area contributed by atoms with Crippen LogP contribution in [0.1, 0.15) is 32.0 Å². The molecule has 0 spiro atoms. The van der Waals surface area contributed by atoms with Gasteiger partial charge in [0.25, 0.3) is 11.8 Å². The van der Waals surface area contributed by atoms with Crippen LogP contribution in [-0.4, -0.2) is 88.8 Å². The molecule has 2 aromatic carbocycles. The van der Waals surface area contributed by atoms with Gasteiger partial charge in [-0.15, -0.1) is 0 Å². The minimum absolute atomic E-state index is 0.0182. The molecular formula is C29H33N5O2. The lowest BCUT2D eigenvalue weighted by Gasteiger charge is -2.35. The third-order valence-electron chi connectivity index (χ3n) is 7.05. The molecule has 5 rings (SSSR count). The molecule has 36 heavy (non-hydrogen) atoms. The van der Waals surface area contributed by atoms with Gasteiger partial charge in [-0.05, 0) is 23.3 Å². The Morgan fingerprint density at radius 1 is 0.583 bits per heavy atom. The number of carbonyl (C=O) groups excluding carboxylic acids is 2. The van der Waals surface area contributed by atoms with Crippen molar-refractivity contribution < 1.29 is 9.59 Å². The Morgan fingerprint density at radius 2 is 1.06 bits per heavy atom. The van der Waals surface area contributed by atoms with Crippen LogP contribution in [0, 0.1) is 0 Å². The Hall–Kier alpha value is -3.55. The van der Waals surface area contributed by atoms with Crippen molar-refractivity contribution in [3.63, 3.8) is 0 Å². The monoisotopic (exact) mass is 483 g/mol. The van der Waals surface area contributed by atoms with E-state index in [2.05, 4.69) is 63.3 Å². The summed E-state index contributed by atoms with van der Waals surface area (Å²) < 4.78 is 0. The highest BCUT2D eigenvalue weighted by Gasteiger charge is 2.25. The summed E-state index contributed by atoms with van der Waals surface area (Å²) in [6.45, 7) is 7.94. The summed E-state index contributed by atoms with van der Waals surface area (Å²) in [6.07, 6.45) is 1.55. The molecule has 0 unspecified atom stereocenters. The van der Waals surface area contributed by atoms with Gasteiger partial charge in [0.15, 0.2) is 0 Å². The van der Waals surface area contributed by atoms with Crippen LogP contribution >= 0.6 is 0 Å². The first kappa shape index (κ1) is 24.2. The fraction of sp³-hybridized carbons (Fsp3) is 0.345. The van der Waals surface area contributed by atoms with E-state index in [0.717, 1.165) is 39.3 Å². The maximum atomic E-state index is 13.0. The van der Waals surface area contributed by atoms with Gasteiger partial charge in [0.2, 0.25) is 0 Å². The number of nitrogens with zero attached hydrogens (tertiary/aromatic N) is 5. The van der Waals surface area contributed by atoms with Gasteiger partial charge in [0.1, 0.15) is 5.69 Å². The fourth-order valence-electron chi connectivity index (χ4n) is 4.89. The van der Waals surface area contributed by atoms with E-state index in [-0.39, 0.29) is 11.8 Å². The second-order valence-electron chi connectivity index (χ2n) is 9.54. The van der Waals surface area contributed by atoms with Crippen molar-refractivity contribution in [1.29, 1.82) is 0 Å². The van der Waals surface area contributed by atoms with Crippen molar-refractivity contribution in [2.45, 2.75) is 13.1 Å². The SMILES string of the molecule is O=C(c1ccc(C(=O)N2CCN(Cc3ccccc3)CC2)nc1)N1CCN(Cc2ccccc2)CC1. The van der Waals surface area contributed by atoms with Crippen LogP contribution in [0.2, 0.25) is 0 Å². The molecule has 2 amide bonds. The van der Waals surface area contributed by atoms with Crippen molar-refractivity contribution in [1.82, 2.24) is 24.6 Å². The highest BCUT2D eigenvalue weighted by atomic mass is 16.2. The molecule has 2 aliphatic heterocycles. The first-order valence-electron chi connectivity index (χ1n) is 12.7. The Bertz CT molecular complexity index is 1040.